The van der Waals surface area contributed by atoms with Gasteiger partial charge in [0, 0.05) is 10.9 Å². The van der Waals surface area contributed by atoms with Gasteiger partial charge in [-0.3, -0.25) is 4.79 Å². The number of aldehydes is 1. The second-order valence-electron chi connectivity index (χ2n) is 4.20. The zero-order valence-corrected chi connectivity index (χ0v) is 12.2. The minimum absolute atomic E-state index is 0.479. The van der Waals surface area contributed by atoms with Gasteiger partial charge in [-0.1, -0.05) is 17.7 Å². The smallest absolute Gasteiger partial charge is 0.150 e. The first-order chi connectivity index (χ1) is 9.72. The molecule has 0 aliphatic rings. The van der Waals surface area contributed by atoms with Crippen molar-refractivity contribution in [2.75, 3.05) is 7.11 Å². The molecule has 0 saturated heterocycles. The molecule has 0 spiro atoms. The Labute approximate surface area is 124 Å². The summed E-state index contributed by atoms with van der Waals surface area (Å²) in [7, 11) is 1.54. The van der Waals surface area contributed by atoms with E-state index in [0.29, 0.717) is 21.9 Å². The van der Waals surface area contributed by atoms with Gasteiger partial charge in [0.15, 0.2) is 6.29 Å². The number of ether oxygens (including phenoxy) is 1. The number of halogens is 1. The molecule has 20 heavy (non-hydrogen) atoms. The van der Waals surface area contributed by atoms with Crippen molar-refractivity contribution in [1.29, 1.82) is 0 Å². The van der Waals surface area contributed by atoms with Crippen LogP contribution in [-0.4, -0.2) is 18.4 Å². The van der Waals surface area contributed by atoms with E-state index in [0.717, 1.165) is 22.2 Å². The molecule has 2 heterocycles. The third-order valence-corrected chi connectivity index (χ3v) is 4.20. The normalized spacial score (nSPS) is 10.7. The average Bonchev–Trinajstić information content (AvgIpc) is 2.99. The van der Waals surface area contributed by atoms with E-state index in [2.05, 4.69) is 4.98 Å². The van der Waals surface area contributed by atoms with Gasteiger partial charge >= 0.3 is 0 Å². The van der Waals surface area contributed by atoms with Crippen molar-refractivity contribution < 1.29 is 9.53 Å². The average molecular weight is 304 g/mol. The van der Waals surface area contributed by atoms with Gasteiger partial charge in [-0.15, -0.1) is 11.3 Å². The van der Waals surface area contributed by atoms with E-state index in [9.17, 15) is 4.79 Å². The fourth-order valence-corrected chi connectivity index (χ4v) is 2.98. The Balaban J connectivity index is 2.31. The highest BCUT2D eigenvalue weighted by Gasteiger charge is 2.11. The molecule has 0 saturated carbocycles. The van der Waals surface area contributed by atoms with Gasteiger partial charge in [-0.25, -0.2) is 4.98 Å². The topological polar surface area (TPSA) is 39.2 Å². The molecule has 2 aromatic heterocycles. The lowest BCUT2D eigenvalue weighted by molar-refractivity contribution is 0.112. The lowest BCUT2D eigenvalue weighted by Crippen LogP contribution is -1.92. The molecule has 0 fully saturated rings. The van der Waals surface area contributed by atoms with Crippen molar-refractivity contribution in [3.8, 4) is 16.3 Å². The molecule has 0 aliphatic heterocycles. The first-order valence-corrected chi connectivity index (χ1v) is 7.16. The van der Waals surface area contributed by atoms with E-state index < -0.39 is 0 Å². The molecule has 100 valence electrons. The molecule has 0 N–H and O–H groups in total. The number of pyridine rings is 1. The van der Waals surface area contributed by atoms with E-state index in [1.165, 1.54) is 0 Å². The lowest BCUT2D eigenvalue weighted by atomic mass is 10.1. The van der Waals surface area contributed by atoms with Crippen LogP contribution < -0.4 is 4.74 Å². The van der Waals surface area contributed by atoms with Crippen molar-refractivity contribution in [3.05, 3.63) is 46.3 Å². The maximum absolute atomic E-state index is 11.3. The molecule has 0 radical (unpaired) electrons. The van der Waals surface area contributed by atoms with E-state index in [1.807, 2.05) is 17.5 Å². The van der Waals surface area contributed by atoms with Crippen molar-refractivity contribution in [1.82, 2.24) is 4.98 Å². The summed E-state index contributed by atoms with van der Waals surface area (Å²) in [4.78, 5) is 16.9. The second kappa shape index (κ2) is 5.23. The molecule has 0 atom stereocenters. The van der Waals surface area contributed by atoms with E-state index in [-0.39, 0.29) is 0 Å². The Hall–Kier alpha value is -1.91. The summed E-state index contributed by atoms with van der Waals surface area (Å²) in [5.41, 5.74) is 2.04. The summed E-state index contributed by atoms with van der Waals surface area (Å²) in [6.07, 6.45) is 0.828. The van der Waals surface area contributed by atoms with Crippen LogP contribution in [0.2, 0.25) is 5.02 Å². The molecular formula is C15H10ClNO2S. The summed E-state index contributed by atoms with van der Waals surface area (Å²) >= 11 is 7.70. The highest BCUT2D eigenvalue weighted by Crippen LogP contribution is 2.33. The SMILES string of the molecule is COc1cc2c(C=O)cc(-c3cccs3)nc2cc1Cl. The monoisotopic (exact) mass is 303 g/mol. The molecule has 0 unspecified atom stereocenters. The van der Waals surface area contributed by atoms with Crippen LogP contribution in [0, 0.1) is 0 Å². The van der Waals surface area contributed by atoms with E-state index in [4.69, 9.17) is 16.3 Å². The van der Waals surface area contributed by atoms with Gasteiger partial charge in [0.05, 0.1) is 28.2 Å². The minimum Gasteiger partial charge on any atom is -0.495 e. The Bertz CT molecular complexity index is 784. The number of hydrogen-bond donors (Lipinski definition) is 0. The van der Waals surface area contributed by atoms with Crippen LogP contribution in [0.4, 0.5) is 0 Å². The van der Waals surface area contributed by atoms with Crippen molar-refractivity contribution in [2.24, 2.45) is 0 Å². The van der Waals surface area contributed by atoms with Crippen LogP contribution in [0.3, 0.4) is 0 Å². The fourth-order valence-electron chi connectivity index (χ4n) is 2.06. The largest absolute Gasteiger partial charge is 0.495 e. The van der Waals surface area contributed by atoms with Gasteiger partial charge in [0.1, 0.15) is 5.75 Å². The van der Waals surface area contributed by atoms with Gasteiger partial charge in [-0.2, -0.15) is 0 Å². The van der Waals surface area contributed by atoms with Crippen molar-refractivity contribution in [2.45, 2.75) is 0 Å². The first kappa shape index (κ1) is 13.1. The zero-order valence-electron chi connectivity index (χ0n) is 10.6. The maximum atomic E-state index is 11.3. The van der Waals surface area contributed by atoms with Crippen LogP contribution in [0.1, 0.15) is 10.4 Å². The number of hydrogen-bond acceptors (Lipinski definition) is 4. The molecule has 3 rings (SSSR count). The zero-order chi connectivity index (χ0) is 14.1. The molecular weight excluding hydrogens is 294 g/mol. The number of carbonyl (C=O) groups is 1. The molecule has 3 aromatic rings. The van der Waals surface area contributed by atoms with Crippen LogP contribution in [0.25, 0.3) is 21.5 Å². The number of carbonyl (C=O) groups excluding carboxylic acids is 1. The Morgan fingerprint density at radius 3 is 2.85 bits per heavy atom. The van der Waals surface area contributed by atoms with Crippen LogP contribution in [0.15, 0.2) is 35.7 Å². The number of thiophene rings is 1. The molecule has 0 bridgehead atoms. The highest BCUT2D eigenvalue weighted by molar-refractivity contribution is 7.13. The predicted octanol–water partition coefficient (Wildman–Crippen LogP) is 4.44. The Morgan fingerprint density at radius 2 is 2.20 bits per heavy atom. The third-order valence-electron chi connectivity index (χ3n) is 3.01. The second-order valence-corrected chi connectivity index (χ2v) is 5.55. The molecule has 0 aliphatic carbocycles. The molecule has 0 amide bonds. The number of aromatic nitrogens is 1. The summed E-state index contributed by atoms with van der Waals surface area (Å²) in [5.74, 6) is 0.535. The molecule has 3 nitrogen and oxygen atoms in total. The quantitative estimate of drug-likeness (QED) is 0.672. The van der Waals surface area contributed by atoms with Gasteiger partial charge in [0.2, 0.25) is 0 Å². The Kier molecular flexibility index (Phi) is 3.42. The van der Waals surface area contributed by atoms with Crippen LogP contribution >= 0.6 is 22.9 Å². The lowest BCUT2D eigenvalue weighted by Gasteiger charge is -2.08. The van der Waals surface area contributed by atoms with Gasteiger partial charge in [-0.05, 0) is 29.6 Å². The van der Waals surface area contributed by atoms with Gasteiger partial charge < -0.3 is 4.74 Å². The number of nitrogens with zero attached hydrogens (tertiary/aromatic N) is 1. The predicted molar refractivity (Wildman–Crippen MR) is 82.0 cm³/mol. The first-order valence-electron chi connectivity index (χ1n) is 5.90. The summed E-state index contributed by atoms with van der Waals surface area (Å²) < 4.78 is 5.18. The summed E-state index contributed by atoms with van der Waals surface area (Å²) in [6, 6.07) is 9.17. The minimum atomic E-state index is 0.479. The third kappa shape index (κ3) is 2.17. The number of methoxy groups -OCH3 is 1. The van der Waals surface area contributed by atoms with Crippen molar-refractivity contribution in [3.63, 3.8) is 0 Å². The molecule has 5 heteroatoms. The standard InChI is InChI=1S/C15H10ClNO2S/c1-19-14-6-10-9(8-18)5-13(15-3-2-4-20-15)17-12(10)7-11(14)16/h2-8H,1H3. The van der Waals surface area contributed by atoms with Crippen molar-refractivity contribution >= 4 is 40.1 Å². The number of benzene rings is 1. The number of rotatable bonds is 3. The summed E-state index contributed by atoms with van der Waals surface area (Å²) in [6.45, 7) is 0. The summed E-state index contributed by atoms with van der Waals surface area (Å²) in [5, 5.41) is 3.19. The van der Waals surface area contributed by atoms with Gasteiger partial charge in [0.25, 0.3) is 0 Å². The highest BCUT2D eigenvalue weighted by atomic mass is 35.5. The molecule has 1 aromatic carbocycles. The van der Waals surface area contributed by atoms with Crippen LogP contribution in [-0.2, 0) is 0 Å². The van der Waals surface area contributed by atoms with E-state index >= 15 is 0 Å². The maximum Gasteiger partial charge on any atom is 0.150 e. The Morgan fingerprint density at radius 1 is 1.35 bits per heavy atom. The number of fused-ring (bicyclic) bond motifs is 1. The van der Waals surface area contributed by atoms with E-state index in [1.54, 1.807) is 36.6 Å². The van der Waals surface area contributed by atoms with Crippen LogP contribution in [0.5, 0.6) is 5.75 Å². The fraction of sp³-hybridized carbons (Fsp3) is 0.0667.